The molecule has 1 aromatic rings. The van der Waals surface area contributed by atoms with Crippen molar-refractivity contribution in [2.24, 2.45) is 0 Å². The topological polar surface area (TPSA) is 73.6 Å². The normalized spacial score (nSPS) is 22.5. The van der Waals surface area contributed by atoms with Crippen LogP contribution in [0.3, 0.4) is 0 Å². The zero-order chi connectivity index (χ0) is 14.4. The summed E-state index contributed by atoms with van der Waals surface area (Å²) in [6.07, 6.45) is 3.24. The van der Waals surface area contributed by atoms with Crippen molar-refractivity contribution in [1.29, 1.82) is 0 Å². The first-order chi connectivity index (χ1) is 8.64. The number of carboxylic acid groups (broad SMARTS) is 1. The lowest BCUT2D eigenvalue weighted by Gasteiger charge is -2.32. The van der Waals surface area contributed by atoms with Gasteiger partial charge in [-0.15, -0.1) is 0 Å². The van der Waals surface area contributed by atoms with Crippen molar-refractivity contribution in [3.63, 3.8) is 0 Å². The molecule has 0 saturated carbocycles. The van der Waals surface area contributed by atoms with E-state index in [-0.39, 0.29) is 0 Å². The number of hydrogen-bond donors (Lipinski definition) is 1. The van der Waals surface area contributed by atoms with Crippen LogP contribution in [0.15, 0.2) is 12.4 Å². The summed E-state index contributed by atoms with van der Waals surface area (Å²) in [5.41, 5.74) is -0.108. The predicted octanol–water partition coefficient (Wildman–Crippen LogP) is 0.828. The lowest BCUT2D eigenvalue weighted by Crippen LogP contribution is -2.41. The average Bonchev–Trinajstić information content (AvgIpc) is 2.81. The fraction of sp³-hybridized carbons (Fsp3) is 0.667. The van der Waals surface area contributed by atoms with E-state index >= 15 is 0 Å². The predicted molar refractivity (Wildman–Crippen MR) is 70.3 cm³/mol. The molecule has 1 N–H and O–H groups in total. The third-order valence-electron chi connectivity index (χ3n) is 3.90. The number of aliphatic carboxylic acids is 1. The van der Waals surface area contributed by atoms with E-state index in [0.29, 0.717) is 0 Å². The van der Waals surface area contributed by atoms with Gasteiger partial charge in [0.2, 0.25) is 0 Å². The fourth-order valence-electron chi connectivity index (χ4n) is 1.78. The van der Waals surface area contributed by atoms with Crippen LogP contribution in [0.4, 0.5) is 0 Å². The third-order valence-corrected chi connectivity index (χ3v) is 3.90. The van der Waals surface area contributed by atoms with Crippen LogP contribution < -0.4 is 5.46 Å². The van der Waals surface area contributed by atoms with Gasteiger partial charge in [-0.1, -0.05) is 0 Å². The summed E-state index contributed by atoms with van der Waals surface area (Å²) in [6, 6.07) is -0.712. The summed E-state index contributed by atoms with van der Waals surface area (Å²) >= 11 is 0. The summed E-state index contributed by atoms with van der Waals surface area (Å²) in [7, 11) is -0.514. The molecule has 19 heavy (non-hydrogen) atoms. The van der Waals surface area contributed by atoms with Crippen LogP contribution in [0.1, 0.15) is 40.7 Å². The zero-order valence-corrected chi connectivity index (χ0v) is 11.9. The first kappa shape index (κ1) is 14.1. The number of nitrogens with zero attached hydrogens (tertiary/aromatic N) is 2. The lowest BCUT2D eigenvalue weighted by atomic mass is 9.82. The van der Waals surface area contributed by atoms with Crippen molar-refractivity contribution in [3.8, 4) is 0 Å². The van der Waals surface area contributed by atoms with Gasteiger partial charge in [-0.3, -0.25) is 4.68 Å². The number of hydrogen-bond acceptors (Lipinski definition) is 4. The van der Waals surface area contributed by atoms with Gasteiger partial charge in [-0.25, -0.2) is 4.79 Å². The second-order valence-electron chi connectivity index (χ2n) is 5.86. The maximum absolute atomic E-state index is 10.9. The van der Waals surface area contributed by atoms with Crippen molar-refractivity contribution in [2.45, 2.75) is 51.9 Å². The number of rotatable bonds is 3. The van der Waals surface area contributed by atoms with E-state index in [4.69, 9.17) is 14.4 Å². The molecule has 2 heterocycles. The Kier molecular flexibility index (Phi) is 3.22. The molecule has 0 aliphatic carbocycles. The van der Waals surface area contributed by atoms with Crippen LogP contribution >= 0.6 is 0 Å². The molecule has 104 valence electrons. The molecule has 1 aliphatic heterocycles. The van der Waals surface area contributed by atoms with Crippen LogP contribution in [0.25, 0.3) is 0 Å². The molecule has 1 unspecified atom stereocenters. The Morgan fingerprint density at radius 3 is 2.37 bits per heavy atom. The van der Waals surface area contributed by atoms with Gasteiger partial charge in [-0.2, -0.15) is 5.10 Å². The minimum Gasteiger partial charge on any atom is -0.480 e. The quantitative estimate of drug-likeness (QED) is 0.820. The van der Waals surface area contributed by atoms with E-state index in [9.17, 15) is 4.79 Å². The molecule has 2 rings (SSSR count). The highest BCUT2D eigenvalue weighted by Gasteiger charge is 2.52. The minimum atomic E-state index is -0.927. The van der Waals surface area contributed by atoms with Gasteiger partial charge >= 0.3 is 13.1 Å². The Balaban J connectivity index is 2.20. The molecule has 0 amide bonds. The van der Waals surface area contributed by atoms with Crippen LogP contribution in [-0.4, -0.2) is 39.2 Å². The molecule has 1 fully saturated rings. The van der Waals surface area contributed by atoms with Gasteiger partial charge < -0.3 is 14.4 Å². The van der Waals surface area contributed by atoms with Gasteiger partial charge in [0.25, 0.3) is 0 Å². The molecule has 1 saturated heterocycles. The van der Waals surface area contributed by atoms with E-state index in [1.807, 2.05) is 27.7 Å². The minimum absolute atomic E-state index is 0.418. The Morgan fingerprint density at radius 1 is 1.37 bits per heavy atom. The smallest absolute Gasteiger partial charge is 0.480 e. The second-order valence-corrected chi connectivity index (χ2v) is 5.86. The second kappa shape index (κ2) is 4.35. The fourth-order valence-corrected chi connectivity index (χ4v) is 1.78. The highest BCUT2D eigenvalue weighted by atomic mass is 16.7. The molecule has 1 aliphatic rings. The van der Waals surface area contributed by atoms with Crippen molar-refractivity contribution in [3.05, 3.63) is 12.4 Å². The Hall–Kier alpha value is -1.34. The lowest BCUT2D eigenvalue weighted by molar-refractivity contribution is -0.140. The number of aromatic nitrogens is 2. The summed E-state index contributed by atoms with van der Waals surface area (Å²) < 4.78 is 13.2. The van der Waals surface area contributed by atoms with E-state index in [0.717, 1.165) is 5.46 Å². The molecule has 0 radical (unpaired) electrons. The van der Waals surface area contributed by atoms with Crippen molar-refractivity contribution < 1.29 is 19.2 Å². The largest absolute Gasteiger partial charge is 0.498 e. The first-order valence-corrected chi connectivity index (χ1v) is 6.26. The highest BCUT2D eigenvalue weighted by molar-refractivity contribution is 6.62. The molecule has 0 spiro atoms. The van der Waals surface area contributed by atoms with Gasteiger partial charge in [-0.05, 0) is 34.6 Å². The van der Waals surface area contributed by atoms with E-state index in [1.54, 1.807) is 19.3 Å². The Labute approximate surface area is 112 Å². The maximum Gasteiger partial charge on any atom is 0.498 e. The highest BCUT2D eigenvalue weighted by Crippen LogP contribution is 2.36. The third kappa shape index (κ3) is 2.40. The molecule has 1 aromatic heterocycles. The Morgan fingerprint density at radius 2 is 1.89 bits per heavy atom. The first-order valence-electron chi connectivity index (χ1n) is 6.26. The van der Waals surface area contributed by atoms with Crippen LogP contribution in [-0.2, 0) is 14.1 Å². The molecule has 1 atom stereocenters. The van der Waals surface area contributed by atoms with Gasteiger partial charge in [0.05, 0.1) is 11.2 Å². The van der Waals surface area contributed by atoms with E-state index in [2.05, 4.69) is 5.10 Å². The van der Waals surface area contributed by atoms with Crippen LogP contribution in [0, 0.1) is 0 Å². The van der Waals surface area contributed by atoms with E-state index in [1.165, 1.54) is 4.68 Å². The van der Waals surface area contributed by atoms with Crippen LogP contribution in [0.5, 0.6) is 0 Å². The molecular weight excluding hydrogens is 247 g/mol. The van der Waals surface area contributed by atoms with Gasteiger partial charge in [0, 0.05) is 17.9 Å². The summed E-state index contributed by atoms with van der Waals surface area (Å²) in [5.74, 6) is -0.927. The van der Waals surface area contributed by atoms with Gasteiger partial charge in [0.15, 0.2) is 0 Å². The molecule has 0 aromatic carbocycles. The zero-order valence-electron chi connectivity index (χ0n) is 11.9. The number of carboxylic acids is 1. The standard InChI is InChI=1S/C12H19BN2O4/c1-8(10(16)17)15-7-9(6-14-15)13-18-11(2,3)12(4,5)19-13/h6-8H,1-5H3,(H,16,17). The van der Waals surface area contributed by atoms with Crippen molar-refractivity contribution in [2.75, 3.05) is 0 Å². The average molecular weight is 266 g/mol. The molecular formula is C12H19BN2O4. The van der Waals surface area contributed by atoms with Crippen LogP contribution in [0.2, 0.25) is 0 Å². The Bertz CT molecular complexity index is 482. The molecule has 6 nitrogen and oxygen atoms in total. The molecule has 7 heteroatoms. The monoisotopic (exact) mass is 266 g/mol. The van der Waals surface area contributed by atoms with Crippen molar-refractivity contribution in [1.82, 2.24) is 9.78 Å². The summed E-state index contributed by atoms with van der Waals surface area (Å²) in [5, 5.41) is 13.0. The maximum atomic E-state index is 10.9. The summed E-state index contributed by atoms with van der Waals surface area (Å²) in [4.78, 5) is 10.9. The van der Waals surface area contributed by atoms with Crippen molar-refractivity contribution >= 4 is 18.6 Å². The summed E-state index contributed by atoms with van der Waals surface area (Å²) in [6.45, 7) is 9.45. The number of carbonyl (C=O) groups is 1. The molecule has 0 bridgehead atoms. The van der Waals surface area contributed by atoms with Gasteiger partial charge in [0.1, 0.15) is 6.04 Å². The SMILES string of the molecule is CC(C(=O)O)n1cc(B2OC(C)(C)C(C)(C)O2)cn1. The van der Waals surface area contributed by atoms with E-state index < -0.39 is 30.3 Å².